The molecule has 2 aromatic rings. The van der Waals surface area contributed by atoms with E-state index >= 15 is 0 Å². The van der Waals surface area contributed by atoms with Gasteiger partial charge in [0, 0.05) is 12.1 Å². The molecule has 5 heteroatoms. The molecule has 0 spiro atoms. The van der Waals surface area contributed by atoms with Crippen LogP contribution in [0.15, 0.2) is 34.9 Å². The molecule has 1 N–H and O–H groups in total. The number of halogens is 1. The molecule has 1 aromatic heterocycles. The zero-order chi connectivity index (χ0) is 15.0. The van der Waals surface area contributed by atoms with E-state index in [2.05, 4.69) is 10.5 Å². The van der Waals surface area contributed by atoms with Gasteiger partial charge in [-0.15, -0.1) is 0 Å². The molecule has 21 heavy (non-hydrogen) atoms. The lowest BCUT2D eigenvalue weighted by Crippen LogP contribution is -2.39. The summed E-state index contributed by atoms with van der Waals surface area (Å²) < 4.78 is 19.0. The van der Waals surface area contributed by atoms with Crippen LogP contribution in [-0.4, -0.2) is 17.1 Å². The number of aromatic nitrogens is 1. The Labute approximate surface area is 122 Å². The standard InChI is InChI=1S/C16H17FN2O2/c1-10(2)18-15(20)16(7-8-16)14-9-13(21-19-14)11-5-3-4-6-12(11)17/h3-6,9-10H,7-8H2,1-2H3,(H,18,20). The van der Waals surface area contributed by atoms with E-state index in [4.69, 9.17) is 4.52 Å². The minimum Gasteiger partial charge on any atom is -0.356 e. The third kappa shape index (κ3) is 2.44. The lowest BCUT2D eigenvalue weighted by molar-refractivity contribution is -0.124. The fourth-order valence-electron chi connectivity index (χ4n) is 2.41. The lowest BCUT2D eigenvalue weighted by atomic mass is 10.00. The second-order valence-electron chi connectivity index (χ2n) is 5.77. The maximum atomic E-state index is 13.8. The normalized spacial score (nSPS) is 16.0. The summed E-state index contributed by atoms with van der Waals surface area (Å²) in [6, 6.07) is 8.11. The molecule has 1 fully saturated rings. The van der Waals surface area contributed by atoms with E-state index in [0.29, 0.717) is 17.0 Å². The van der Waals surface area contributed by atoms with Crippen molar-refractivity contribution >= 4 is 5.91 Å². The highest BCUT2D eigenvalue weighted by Gasteiger charge is 2.53. The predicted octanol–water partition coefficient (Wildman–Crippen LogP) is 3.04. The molecule has 1 aliphatic carbocycles. The number of hydrogen-bond donors (Lipinski definition) is 1. The van der Waals surface area contributed by atoms with Gasteiger partial charge in [0.2, 0.25) is 5.91 Å². The van der Waals surface area contributed by atoms with Crippen LogP contribution in [0.25, 0.3) is 11.3 Å². The molecule has 0 saturated heterocycles. The number of rotatable bonds is 4. The third-order valence-corrected chi connectivity index (χ3v) is 3.74. The largest absolute Gasteiger partial charge is 0.356 e. The van der Waals surface area contributed by atoms with Crippen LogP contribution >= 0.6 is 0 Å². The van der Waals surface area contributed by atoms with Crippen LogP contribution in [0.1, 0.15) is 32.4 Å². The number of amides is 1. The molecule has 0 aliphatic heterocycles. The summed E-state index contributed by atoms with van der Waals surface area (Å²) >= 11 is 0. The molecule has 3 rings (SSSR count). The average molecular weight is 288 g/mol. The van der Waals surface area contributed by atoms with E-state index in [1.165, 1.54) is 6.07 Å². The SMILES string of the molecule is CC(C)NC(=O)C1(c2cc(-c3ccccc3F)on2)CC1. The van der Waals surface area contributed by atoms with E-state index in [1.54, 1.807) is 24.3 Å². The average Bonchev–Trinajstić information content (AvgIpc) is 3.11. The van der Waals surface area contributed by atoms with Gasteiger partial charge < -0.3 is 9.84 Å². The maximum Gasteiger partial charge on any atom is 0.232 e. The van der Waals surface area contributed by atoms with Gasteiger partial charge in [-0.1, -0.05) is 17.3 Å². The number of carbonyl (C=O) groups is 1. The Morgan fingerprint density at radius 2 is 2.10 bits per heavy atom. The lowest BCUT2D eigenvalue weighted by Gasteiger charge is -2.14. The van der Waals surface area contributed by atoms with Gasteiger partial charge in [0.15, 0.2) is 5.76 Å². The topological polar surface area (TPSA) is 55.1 Å². The summed E-state index contributed by atoms with van der Waals surface area (Å²) in [6.07, 6.45) is 1.49. The molecule has 1 amide bonds. The van der Waals surface area contributed by atoms with Crippen molar-refractivity contribution in [2.45, 2.75) is 38.1 Å². The molecule has 1 aromatic carbocycles. The Morgan fingerprint density at radius 1 is 1.38 bits per heavy atom. The first-order chi connectivity index (χ1) is 10.0. The fourth-order valence-corrected chi connectivity index (χ4v) is 2.41. The minimum absolute atomic E-state index is 0.0362. The van der Waals surface area contributed by atoms with Crippen LogP contribution < -0.4 is 5.32 Å². The Bertz CT molecular complexity index is 674. The molecule has 0 radical (unpaired) electrons. The highest BCUT2D eigenvalue weighted by Crippen LogP contribution is 2.48. The highest BCUT2D eigenvalue weighted by molar-refractivity contribution is 5.91. The molecule has 1 heterocycles. The summed E-state index contributed by atoms with van der Waals surface area (Å²) in [5.41, 5.74) is 0.340. The molecule has 0 atom stereocenters. The zero-order valence-electron chi connectivity index (χ0n) is 12.0. The van der Waals surface area contributed by atoms with Crippen molar-refractivity contribution < 1.29 is 13.7 Å². The van der Waals surface area contributed by atoms with Crippen molar-refractivity contribution in [3.8, 4) is 11.3 Å². The van der Waals surface area contributed by atoms with Crippen LogP contribution in [0.2, 0.25) is 0 Å². The smallest absolute Gasteiger partial charge is 0.232 e. The van der Waals surface area contributed by atoms with Gasteiger partial charge in [-0.2, -0.15) is 0 Å². The number of nitrogens with zero attached hydrogens (tertiary/aromatic N) is 1. The van der Waals surface area contributed by atoms with E-state index in [0.717, 1.165) is 12.8 Å². The summed E-state index contributed by atoms with van der Waals surface area (Å²) in [7, 11) is 0. The zero-order valence-corrected chi connectivity index (χ0v) is 12.0. The van der Waals surface area contributed by atoms with E-state index in [9.17, 15) is 9.18 Å². The summed E-state index contributed by atoms with van der Waals surface area (Å²) in [4.78, 5) is 12.3. The van der Waals surface area contributed by atoms with Gasteiger partial charge in [0.1, 0.15) is 5.82 Å². The van der Waals surface area contributed by atoms with Crippen LogP contribution in [0.4, 0.5) is 4.39 Å². The van der Waals surface area contributed by atoms with E-state index < -0.39 is 5.41 Å². The van der Waals surface area contributed by atoms with Crippen molar-refractivity contribution in [2.24, 2.45) is 0 Å². The molecular weight excluding hydrogens is 271 g/mol. The minimum atomic E-state index is -0.600. The van der Waals surface area contributed by atoms with Crippen molar-refractivity contribution in [1.29, 1.82) is 0 Å². The number of hydrogen-bond acceptors (Lipinski definition) is 3. The van der Waals surface area contributed by atoms with Crippen LogP contribution in [0.3, 0.4) is 0 Å². The first-order valence-corrected chi connectivity index (χ1v) is 7.06. The molecule has 1 saturated carbocycles. The predicted molar refractivity (Wildman–Crippen MR) is 76.1 cm³/mol. The second kappa shape index (κ2) is 4.98. The summed E-state index contributed by atoms with van der Waals surface area (Å²) in [5, 5.41) is 6.90. The molecule has 1 aliphatic rings. The Kier molecular flexibility index (Phi) is 3.27. The van der Waals surface area contributed by atoms with Crippen molar-refractivity contribution in [3.63, 3.8) is 0 Å². The van der Waals surface area contributed by atoms with Gasteiger partial charge in [-0.25, -0.2) is 4.39 Å². The van der Waals surface area contributed by atoms with Gasteiger partial charge >= 0.3 is 0 Å². The summed E-state index contributed by atoms with van der Waals surface area (Å²) in [6.45, 7) is 3.84. The Balaban J connectivity index is 1.89. The van der Waals surface area contributed by atoms with Crippen LogP contribution in [0.5, 0.6) is 0 Å². The first kappa shape index (κ1) is 13.8. The number of benzene rings is 1. The Hall–Kier alpha value is -2.17. The summed E-state index contributed by atoms with van der Waals surface area (Å²) in [5.74, 6) is -0.0470. The van der Waals surface area contributed by atoms with Gasteiger partial charge in [-0.05, 0) is 38.8 Å². The van der Waals surface area contributed by atoms with E-state index in [1.807, 2.05) is 13.8 Å². The second-order valence-corrected chi connectivity index (χ2v) is 5.77. The van der Waals surface area contributed by atoms with Gasteiger partial charge in [0.05, 0.1) is 16.7 Å². The third-order valence-electron chi connectivity index (χ3n) is 3.74. The van der Waals surface area contributed by atoms with Gasteiger partial charge in [-0.3, -0.25) is 4.79 Å². The maximum absolute atomic E-state index is 13.8. The molecule has 4 nitrogen and oxygen atoms in total. The quantitative estimate of drug-likeness (QED) is 0.940. The van der Waals surface area contributed by atoms with Crippen molar-refractivity contribution in [1.82, 2.24) is 10.5 Å². The van der Waals surface area contributed by atoms with Gasteiger partial charge in [0.25, 0.3) is 0 Å². The fraction of sp³-hybridized carbons (Fsp3) is 0.375. The van der Waals surface area contributed by atoms with Crippen LogP contribution in [-0.2, 0) is 10.2 Å². The van der Waals surface area contributed by atoms with Crippen molar-refractivity contribution in [2.75, 3.05) is 0 Å². The van der Waals surface area contributed by atoms with Crippen molar-refractivity contribution in [3.05, 3.63) is 41.8 Å². The highest BCUT2D eigenvalue weighted by atomic mass is 19.1. The molecule has 110 valence electrons. The monoisotopic (exact) mass is 288 g/mol. The number of carbonyl (C=O) groups excluding carboxylic acids is 1. The van der Waals surface area contributed by atoms with Crippen LogP contribution in [0, 0.1) is 5.82 Å². The van der Waals surface area contributed by atoms with E-state index in [-0.39, 0.29) is 17.8 Å². The number of nitrogens with one attached hydrogen (secondary N) is 1. The first-order valence-electron chi connectivity index (χ1n) is 7.06. The Morgan fingerprint density at radius 3 is 2.71 bits per heavy atom. The molecule has 0 bridgehead atoms. The molecular formula is C16H17FN2O2. The molecule has 0 unspecified atom stereocenters.